The van der Waals surface area contributed by atoms with Crippen molar-refractivity contribution in [1.29, 1.82) is 0 Å². The van der Waals surface area contributed by atoms with Gasteiger partial charge in [-0.05, 0) is 12.8 Å². The van der Waals surface area contributed by atoms with Gasteiger partial charge in [-0.15, -0.1) is 0 Å². The molecule has 0 amide bonds. The van der Waals surface area contributed by atoms with E-state index in [1.807, 2.05) is 0 Å². The molecule has 0 radical (unpaired) electrons. The molecule has 0 heterocycles. The molecular formula is C10H18N4O6. The fraction of sp³-hybridized carbons (Fsp3) is 0.600. The lowest BCUT2D eigenvalue weighted by Gasteiger charge is -2.15. The highest BCUT2D eigenvalue weighted by molar-refractivity contribution is 5.84. The first kappa shape index (κ1) is 17.6. The first-order valence-electron chi connectivity index (χ1n) is 5.70. The van der Waals surface area contributed by atoms with Gasteiger partial charge in [-0.3, -0.25) is 14.6 Å². The molecule has 0 aliphatic heterocycles. The molecule has 2 unspecified atom stereocenters. The van der Waals surface area contributed by atoms with Gasteiger partial charge >= 0.3 is 17.9 Å². The van der Waals surface area contributed by atoms with E-state index in [0.29, 0.717) is 6.42 Å². The lowest BCUT2D eigenvalue weighted by atomic mass is 10.1. The van der Waals surface area contributed by atoms with E-state index in [0.717, 1.165) is 0 Å². The quantitative estimate of drug-likeness (QED) is 0.136. The van der Waals surface area contributed by atoms with Gasteiger partial charge in [0.15, 0.2) is 5.96 Å². The van der Waals surface area contributed by atoms with Crippen molar-refractivity contribution in [3.63, 3.8) is 0 Å². The van der Waals surface area contributed by atoms with Crippen molar-refractivity contribution < 1.29 is 29.3 Å². The van der Waals surface area contributed by atoms with Crippen LogP contribution in [0.25, 0.3) is 0 Å². The topological polar surface area (TPSA) is 191 Å². The Hall–Kier alpha value is -2.36. The number of rotatable bonds is 9. The van der Waals surface area contributed by atoms with Crippen molar-refractivity contribution in [2.45, 2.75) is 31.4 Å². The summed E-state index contributed by atoms with van der Waals surface area (Å²) in [6.45, 7) is 0.265. The predicted molar refractivity (Wildman–Crippen MR) is 67.7 cm³/mol. The number of ether oxygens (including phenoxy) is 1. The number of guanidine groups is 1. The predicted octanol–water partition coefficient (Wildman–Crippen LogP) is -2.16. The minimum Gasteiger partial charge on any atom is -0.481 e. The number of hydrogen-bond donors (Lipinski definition) is 5. The van der Waals surface area contributed by atoms with Crippen molar-refractivity contribution in [1.82, 2.24) is 0 Å². The Morgan fingerprint density at radius 3 is 2.25 bits per heavy atom. The zero-order valence-electron chi connectivity index (χ0n) is 10.7. The first-order chi connectivity index (χ1) is 9.23. The number of aliphatic imine (C=N–C) groups is 1. The number of carboxylic acid groups (broad SMARTS) is 2. The summed E-state index contributed by atoms with van der Waals surface area (Å²) in [5.41, 5.74) is 15.7. The maximum atomic E-state index is 11.5. The molecule has 0 spiro atoms. The van der Waals surface area contributed by atoms with Crippen LogP contribution in [-0.2, 0) is 19.1 Å². The van der Waals surface area contributed by atoms with Crippen molar-refractivity contribution >= 4 is 23.9 Å². The SMILES string of the molecule is NC(N)=NCCCC(N)C(=O)OC(CC(=O)O)C(=O)O. The van der Waals surface area contributed by atoms with Crippen LogP contribution in [0.1, 0.15) is 19.3 Å². The fourth-order valence-electron chi connectivity index (χ4n) is 1.20. The van der Waals surface area contributed by atoms with Crippen LogP contribution in [0.3, 0.4) is 0 Å². The molecule has 0 aliphatic carbocycles. The second kappa shape index (κ2) is 8.69. The Bertz CT molecular complexity index is 393. The maximum Gasteiger partial charge on any atom is 0.345 e. The average Bonchev–Trinajstić information content (AvgIpc) is 2.32. The Labute approximate surface area is 114 Å². The zero-order valence-corrected chi connectivity index (χ0v) is 10.7. The van der Waals surface area contributed by atoms with E-state index < -0.39 is 36.5 Å². The molecule has 8 N–H and O–H groups in total. The van der Waals surface area contributed by atoms with E-state index in [2.05, 4.69) is 9.73 Å². The van der Waals surface area contributed by atoms with Crippen LogP contribution >= 0.6 is 0 Å². The minimum absolute atomic E-state index is 0.0893. The van der Waals surface area contributed by atoms with Gasteiger partial charge in [0.05, 0.1) is 6.42 Å². The van der Waals surface area contributed by atoms with Crippen LogP contribution in [0.15, 0.2) is 4.99 Å². The monoisotopic (exact) mass is 290 g/mol. The van der Waals surface area contributed by atoms with Crippen LogP contribution in [-0.4, -0.2) is 52.8 Å². The molecule has 0 aromatic rings. The normalized spacial score (nSPS) is 13.1. The summed E-state index contributed by atoms with van der Waals surface area (Å²) < 4.78 is 4.53. The van der Waals surface area contributed by atoms with Crippen LogP contribution in [0.2, 0.25) is 0 Å². The van der Waals surface area contributed by atoms with Crippen LogP contribution in [0, 0.1) is 0 Å². The summed E-state index contributed by atoms with van der Waals surface area (Å²) in [7, 11) is 0. The van der Waals surface area contributed by atoms with Crippen molar-refractivity contribution in [3.05, 3.63) is 0 Å². The number of hydrogen-bond acceptors (Lipinski definition) is 6. The Balaban J connectivity index is 4.25. The highest BCUT2D eigenvalue weighted by Crippen LogP contribution is 2.04. The number of carbonyl (C=O) groups is 3. The third-order valence-electron chi connectivity index (χ3n) is 2.16. The Kier molecular flexibility index (Phi) is 7.67. The summed E-state index contributed by atoms with van der Waals surface area (Å²) in [4.78, 5) is 36.3. The maximum absolute atomic E-state index is 11.5. The van der Waals surface area contributed by atoms with Gasteiger partial charge in [0.1, 0.15) is 6.04 Å². The second-order valence-corrected chi connectivity index (χ2v) is 3.92. The molecule has 0 saturated carbocycles. The van der Waals surface area contributed by atoms with Gasteiger partial charge in [-0.25, -0.2) is 4.79 Å². The molecule has 0 aromatic heterocycles. The Morgan fingerprint density at radius 1 is 1.20 bits per heavy atom. The van der Waals surface area contributed by atoms with E-state index in [4.69, 9.17) is 27.4 Å². The molecule has 20 heavy (non-hydrogen) atoms. The van der Waals surface area contributed by atoms with Gasteiger partial charge in [0, 0.05) is 6.54 Å². The lowest BCUT2D eigenvalue weighted by molar-refractivity contribution is -0.168. The summed E-state index contributed by atoms with van der Waals surface area (Å²) in [5.74, 6) is -4.02. The third kappa shape index (κ3) is 7.87. The molecule has 10 nitrogen and oxygen atoms in total. The molecule has 10 heteroatoms. The second-order valence-electron chi connectivity index (χ2n) is 3.92. The van der Waals surface area contributed by atoms with Crippen LogP contribution in [0.4, 0.5) is 0 Å². The van der Waals surface area contributed by atoms with Crippen LogP contribution in [0.5, 0.6) is 0 Å². The summed E-state index contributed by atoms with van der Waals surface area (Å²) in [5, 5.41) is 17.2. The summed E-state index contributed by atoms with van der Waals surface area (Å²) >= 11 is 0. The van der Waals surface area contributed by atoms with Crippen molar-refractivity contribution in [2.75, 3.05) is 6.54 Å². The number of esters is 1. The van der Waals surface area contributed by atoms with E-state index in [9.17, 15) is 14.4 Å². The zero-order chi connectivity index (χ0) is 15.7. The van der Waals surface area contributed by atoms with Gasteiger partial charge < -0.3 is 32.2 Å². The average molecular weight is 290 g/mol. The summed E-state index contributed by atoms with van der Waals surface area (Å²) in [6.07, 6.45) is -2.02. The molecule has 0 aromatic carbocycles. The minimum atomic E-state index is -1.76. The highest BCUT2D eigenvalue weighted by atomic mass is 16.6. The van der Waals surface area contributed by atoms with E-state index in [1.165, 1.54) is 0 Å². The molecule has 0 bridgehead atoms. The van der Waals surface area contributed by atoms with Gasteiger partial charge in [-0.1, -0.05) is 0 Å². The standard InChI is InChI=1S/C10H18N4O6/c11-5(2-1-3-14-10(12)13)9(19)20-6(8(17)18)4-7(15)16/h5-6H,1-4,11H2,(H,15,16)(H,17,18)(H4,12,13,14). The molecule has 114 valence electrons. The fourth-order valence-corrected chi connectivity index (χ4v) is 1.20. The lowest BCUT2D eigenvalue weighted by Crippen LogP contribution is -2.38. The van der Waals surface area contributed by atoms with Crippen molar-refractivity contribution in [2.24, 2.45) is 22.2 Å². The van der Waals surface area contributed by atoms with Crippen LogP contribution < -0.4 is 17.2 Å². The first-order valence-corrected chi connectivity index (χ1v) is 5.70. The number of carboxylic acids is 2. The van der Waals surface area contributed by atoms with Gasteiger partial charge in [0.25, 0.3) is 0 Å². The number of carbonyl (C=O) groups excluding carboxylic acids is 1. The Morgan fingerprint density at radius 2 is 1.80 bits per heavy atom. The van der Waals surface area contributed by atoms with Gasteiger partial charge in [-0.2, -0.15) is 0 Å². The molecule has 0 rings (SSSR count). The molecule has 0 fully saturated rings. The molecular weight excluding hydrogens is 272 g/mol. The van der Waals surface area contributed by atoms with Gasteiger partial charge in [0.2, 0.25) is 6.10 Å². The number of aliphatic carboxylic acids is 2. The molecule has 0 aliphatic rings. The third-order valence-corrected chi connectivity index (χ3v) is 2.16. The van der Waals surface area contributed by atoms with E-state index in [1.54, 1.807) is 0 Å². The number of nitrogens with zero attached hydrogens (tertiary/aromatic N) is 1. The molecule has 0 saturated heterocycles. The summed E-state index contributed by atoms with van der Waals surface area (Å²) in [6, 6.07) is -1.07. The van der Waals surface area contributed by atoms with E-state index >= 15 is 0 Å². The van der Waals surface area contributed by atoms with Crippen molar-refractivity contribution in [3.8, 4) is 0 Å². The number of nitrogens with two attached hydrogens (primary N) is 3. The molecule has 2 atom stereocenters. The smallest absolute Gasteiger partial charge is 0.345 e. The highest BCUT2D eigenvalue weighted by Gasteiger charge is 2.27. The largest absolute Gasteiger partial charge is 0.481 e. The van der Waals surface area contributed by atoms with E-state index in [-0.39, 0.29) is 18.9 Å².